The van der Waals surface area contributed by atoms with Gasteiger partial charge in [0, 0.05) is 34.1 Å². The molecule has 0 amide bonds. The smallest absolute Gasteiger partial charge is 0.204 e. The van der Waals surface area contributed by atoms with Gasteiger partial charge in [-0.1, -0.05) is 0 Å². The molecule has 0 fully saturated rings. The molecule has 6 heteroatoms. The van der Waals surface area contributed by atoms with Crippen molar-refractivity contribution in [2.24, 2.45) is 0 Å². The molecule has 0 saturated heterocycles. The Kier molecular flexibility index (Phi) is 15.7. The molecule has 4 nitrogen and oxygen atoms in total. The Morgan fingerprint density at radius 3 is 0.750 bits per heavy atom. The van der Waals surface area contributed by atoms with Gasteiger partial charge in [-0.05, 0) is 0 Å². The summed E-state index contributed by atoms with van der Waals surface area (Å²) in [5.74, 6) is 0. The Labute approximate surface area is 67.5 Å². The van der Waals surface area contributed by atoms with Crippen LogP contribution >= 0.6 is 0 Å². The topological polar surface area (TPSA) is 80.9 Å². The van der Waals surface area contributed by atoms with E-state index in [2.05, 4.69) is 0 Å². The average Bonchev–Trinajstić information content (AvgIpc) is 1.36. The summed E-state index contributed by atoms with van der Waals surface area (Å²) in [7, 11) is 0. The first-order valence-corrected chi connectivity index (χ1v) is 1.37. The predicted octanol–water partition coefficient (Wildman–Crippen LogP) is -2.40. The van der Waals surface area contributed by atoms with Crippen molar-refractivity contribution in [3.05, 3.63) is 0 Å². The van der Waals surface area contributed by atoms with Crippen LogP contribution in [0.4, 0.5) is 0 Å². The van der Waals surface area contributed by atoms with Gasteiger partial charge in [0.1, 0.15) is 0 Å². The number of rotatable bonds is 1. The van der Waals surface area contributed by atoms with Crippen LogP contribution in [-0.2, 0) is 34.1 Å². The van der Waals surface area contributed by atoms with Crippen LogP contribution in [0, 0.1) is 0 Å². The summed E-state index contributed by atoms with van der Waals surface area (Å²) in [6.07, 6.45) is -4.07. The summed E-state index contributed by atoms with van der Waals surface area (Å²) in [5, 5.41) is 30.7. The van der Waals surface area contributed by atoms with Gasteiger partial charge >= 0.3 is 0 Å². The summed E-state index contributed by atoms with van der Waals surface area (Å²) >= 11 is 0. The summed E-state index contributed by atoms with van der Waals surface area (Å²) in [4.78, 5) is 0. The molecule has 0 heterocycles. The molecule has 0 rings (SSSR count). The predicted molar refractivity (Wildman–Crippen MR) is 16.5 cm³/mol. The molecular formula is C2H6Cu2O4. The van der Waals surface area contributed by atoms with Gasteiger partial charge in [-0.15, -0.1) is 0 Å². The zero-order chi connectivity index (χ0) is 5.15. The Morgan fingerprint density at radius 1 is 0.625 bits per heavy atom. The molecule has 0 bridgehead atoms. The third kappa shape index (κ3) is 9.99. The molecule has 0 aliphatic rings. The minimum atomic E-state index is -2.04. The summed E-state index contributed by atoms with van der Waals surface area (Å²) in [6, 6.07) is 0. The van der Waals surface area contributed by atoms with E-state index in [1.54, 1.807) is 0 Å². The molecule has 8 heavy (non-hydrogen) atoms. The summed E-state index contributed by atoms with van der Waals surface area (Å²) < 4.78 is 0. The van der Waals surface area contributed by atoms with E-state index in [4.69, 9.17) is 20.4 Å². The second-order valence-corrected chi connectivity index (χ2v) is 0.827. The zero-order valence-electron chi connectivity index (χ0n) is 3.55. The van der Waals surface area contributed by atoms with Crippen molar-refractivity contribution >= 4 is 0 Å². The maximum absolute atomic E-state index is 7.69. The van der Waals surface area contributed by atoms with E-state index in [9.17, 15) is 0 Å². The van der Waals surface area contributed by atoms with E-state index >= 15 is 0 Å². The van der Waals surface area contributed by atoms with Crippen molar-refractivity contribution < 1.29 is 54.6 Å². The Morgan fingerprint density at radius 2 is 0.750 bits per heavy atom. The molecule has 4 N–H and O–H groups in total. The van der Waals surface area contributed by atoms with Crippen LogP contribution in [0.25, 0.3) is 0 Å². The number of hydrogen-bond donors (Lipinski definition) is 4. The van der Waals surface area contributed by atoms with Crippen LogP contribution in [-0.4, -0.2) is 33.0 Å². The van der Waals surface area contributed by atoms with Crippen LogP contribution in [0.3, 0.4) is 0 Å². The second kappa shape index (κ2) is 7.88. The van der Waals surface area contributed by atoms with Crippen molar-refractivity contribution in [3.8, 4) is 0 Å². The molecule has 0 spiro atoms. The summed E-state index contributed by atoms with van der Waals surface area (Å²) in [5.41, 5.74) is 0. The molecular weight excluding hydrogens is 215 g/mol. The van der Waals surface area contributed by atoms with Gasteiger partial charge in [0.25, 0.3) is 0 Å². The molecule has 2 radical (unpaired) electrons. The fraction of sp³-hybridized carbons (Fsp3) is 1.00. The van der Waals surface area contributed by atoms with E-state index in [0.29, 0.717) is 0 Å². The van der Waals surface area contributed by atoms with E-state index in [1.807, 2.05) is 0 Å². The molecule has 0 atom stereocenters. The molecule has 0 aromatic heterocycles. The van der Waals surface area contributed by atoms with Crippen LogP contribution in [0.5, 0.6) is 0 Å². The van der Waals surface area contributed by atoms with E-state index < -0.39 is 12.6 Å². The first-order chi connectivity index (χ1) is 2.64. The van der Waals surface area contributed by atoms with Crippen LogP contribution < -0.4 is 0 Å². The second-order valence-electron chi connectivity index (χ2n) is 0.827. The van der Waals surface area contributed by atoms with Crippen LogP contribution in [0.1, 0.15) is 0 Å². The average molecular weight is 221 g/mol. The minimum absolute atomic E-state index is 0. The van der Waals surface area contributed by atoms with Gasteiger partial charge in [0.15, 0.2) is 0 Å². The molecule has 0 aliphatic carbocycles. The Balaban J connectivity index is -0.000000125. The maximum atomic E-state index is 7.69. The van der Waals surface area contributed by atoms with E-state index in [1.165, 1.54) is 0 Å². The minimum Gasteiger partial charge on any atom is -0.364 e. The number of aliphatic hydroxyl groups is 4. The van der Waals surface area contributed by atoms with Crippen molar-refractivity contribution in [2.45, 2.75) is 12.6 Å². The molecule has 60 valence electrons. The molecule has 0 unspecified atom stereocenters. The summed E-state index contributed by atoms with van der Waals surface area (Å²) in [6.45, 7) is 0. The van der Waals surface area contributed by atoms with Crippen molar-refractivity contribution in [1.29, 1.82) is 0 Å². The standard InChI is InChI=1S/C2H6O4.2Cu/c3-1(4)2(5)6;;/h1-6H;;. The molecule has 0 aliphatic heterocycles. The van der Waals surface area contributed by atoms with Crippen LogP contribution in [0.2, 0.25) is 0 Å². The van der Waals surface area contributed by atoms with Gasteiger partial charge in [-0.3, -0.25) is 0 Å². The molecule has 0 aromatic rings. The largest absolute Gasteiger partial charge is 0.364 e. The fourth-order valence-electron chi connectivity index (χ4n) is 0. The van der Waals surface area contributed by atoms with Crippen LogP contribution in [0.15, 0.2) is 0 Å². The third-order valence-electron chi connectivity index (χ3n) is 0.267. The van der Waals surface area contributed by atoms with Crippen molar-refractivity contribution in [2.75, 3.05) is 0 Å². The first-order valence-electron chi connectivity index (χ1n) is 1.37. The van der Waals surface area contributed by atoms with E-state index in [-0.39, 0.29) is 34.1 Å². The molecule has 0 saturated carbocycles. The van der Waals surface area contributed by atoms with Crippen molar-refractivity contribution in [1.82, 2.24) is 0 Å². The van der Waals surface area contributed by atoms with Gasteiger partial charge in [-0.25, -0.2) is 0 Å². The van der Waals surface area contributed by atoms with Gasteiger partial charge in [-0.2, -0.15) is 0 Å². The monoisotopic (exact) mass is 220 g/mol. The van der Waals surface area contributed by atoms with Gasteiger partial charge < -0.3 is 20.4 Å². The SMILES string of the molecule is OC(O)C(O)O.[Cu].[Cu]. The Bertz CT molecular complexity index is 33.0. The third-order valence-corrected chi connectivity index (χ3v) is 0.267. The van der Waals surface area contributed by atoms with Gasteiger partial charge in [0.05, 0.1) is 0 Å². The normalized spacial score (nSPS) is 8.25. The first kappa shape index (κ1) is 15.9. The van der Waals surface area contributed by atoms with E-state index in [0.717, 1.165) is 0 Å². The number of aliphatic hydroxyl groups excluding tert-OH is 2. The Hall–Kier alpha value is 0.879. The quantitative estimate of drug-likeness (QED) is 0.294. The van der Waals surface area contributed by atoms with Crippen molar-refractivity contribution in [3.63, 3.8) is 0 Å². The fourth-order valence-corrected chi connectivity index (χ4v) is 0. The zero-order valence-corrected chi connectivity index (χ0v) is 5.43. The maximum Gasteiger partial charge on any atom is 0.204 e. The number of hydrogen-bond acceptors (Lipinski definition) is 4. The molecule has 0 aromatic carbocycles. The van der Waals surface area contributed by atoms with Gasteiger partial charge in [0.2, 0.25) is 12.6 Å².